The highest BCUT2D eigenvalue weighted by Crippen LogP contribution is 2.28. The zero-order valence-corrected chi connectivity index (χ0v) is 11.0. The Kier molecular flexibility index (Phi) is 3.18. The molecule has 2 aromatic carbocycles. The minimum absolute atomic E-state index is 0.110. The lowest BCUT2D eigenvalue weighted by molar-refractivity contribution is 0.449. The molecule has 0 saturated carbocycles. The molecule has 22 heavy (non-hydrogen) atoms. The first-order valence-corrected chi connectivity index (χ1v) is 6.15. The lowest BCUT2D eigenvalue weighted by Crippen LogP contribution is -1.99. The first kappa shape index (κ1) is 13.6. The molecule has 8 nitrogen and oxygen atoms in total. The minimum atomic E-state index is -0.138. The van der Waals surface area contributed by atoms with E-state index in [-0.39, 0.29) is 34.6 Å². The molecule has 1 heterocycles. The zero-order valence-electron chi connectivity index (χ0n) is 11.0. The maximum atomic E-state index is 9.44. The fourth-order valence-electron chi connectivity index (χ4n) is 1.91. The van der Waals surface area contributed by atoms with Crippen molar-refractivity contribution in [2.75, 3.05) is 0 Å². The predicted molar refractivity (Wildman–Crippen MR) is 75.2 cm³/mol. The van der Waals surface area contributed by atoms with Crippen LogP contribution in [0.1, 0.15) is 0 Å². The number of aromatic hydroxyl groups is 4. The second kappa shape index (κ2) is 5.17. The number of benzene rings is 2. The van der Waals surface area contributed by atoms with Crippen LogP contribution in [0.5, 0.6) is 23.0 Å². The lowest BCUT2D eigenvalue weighted by Gasteiger charge is -2.03. The van der Waals surface area contributed by atoms with Crippen LogP contribution in [0.25, 0.3) is 22.8 Å². The summed E-state index contributed by atoms with van der Waals surface area (Å²) in [6, 6.07) is 7.79. The van der Waals surface area contributed by atoms with Gasteiger partial charge in [-0.15, -0.1) is 20.4 Å². The molecule has 0 aliphatic rings. The summed E-state index contributed by atoms with van der Waals surface area (Å²) >= 11 is 0. The van der Waals surface area contributed by atoms with Crippen molar-refractivity contribution in [2.45, 2.75) is 0 Å². The van der Waals surface area contributed by atoms with Crippen LogP contribution in [0.2, 0.25) is 0 Å². The molecule has 0 spiro atoms. The smallest absolute Gasteiger partial charge is 0.203 e. The lowest BCUT2D eigenvalue weighted by atomic mass is 10.2. The summed E-state index contributed by atoms with van der Waals surface area (Å²) in [5, 5.41) is 53.2. The number of phenols is 4. The highest BCUT2D eigenvalue weighted by Gasteiger charge is 2.10. The van der Waals surface area contributed by atoms with Gasteiger partial charge in [0.1, 0.15) is 23.0 Å². The van der Waals surface area contributed by atoms with E-state index in [9.17, 15) is 20.4 Å². The molecular formula is C14H10N4O4. The second-order valence-electron chi connectivity index (χ2n) is 4.52. The summed E-state index contributed by atoms with van der Waals surface area (Å²) in [4.78, 5) is 0. The first-order chi connectivity index (χ1) is 10.5. The fourth-order valence-corrected chi connectivity index (χ4v) is 1.91. The van der Waals surface area contributed by atoms with Crippen molar-refractivity contribution in [3.05, 3.63) is 36.4 Å². The van der Waals surface area contributed by atoms with Crippen molar-refractivity contribution in [3.8, 4) is 45.8 Å². The molecule has 110 valence electrons. The number of hydrogen-bond donors (Lipinski definition) is 4. The third kappa shape index (κ3) is 2.70. The summed E-state index contributed by atoms with van der Waals surface area (Å²) in [7, 11) is 0. The Bertz CT molecular complexity index is 726. The van der Waals surface area contributed by atoms with Gasteiger partial charge in [-0.1, -0.05) is 0 Å². The molecule has 1 aromatic heterocycles. The second-order valence-corrected chi connectivity index (χ2v) is 4.52. The molecule has 3 rings (SSSR count). The standard InChI is InChI=1S/C14H10N4O4/c19-9-1-7(2-10(20)5-9)13-15-17-14(18-16-13)8-3-11(21)6-12(22)4-8/h1-6,19-22H. The molecule has 4 N–H and O–H groups in total. The zero-order chi connectivity index (χ0) is 15.7. The molecule has 0 amide bonds. The van der Waals surface area contributed by atoms with Crippen molar-refractivity contribution >= 4 is 0 Å². The van der Waals surface area contributed by atoms with Gasteiger partial charge in [0.2, 0.25) is 11.6 Å². The van der Waals surface area contributed by atoms with E-state index in [0.717, 1.165) is 0 Å². The van der Waals surface area contributed by atoms with Crippen LogP contribution in [0.4, 0.5) is 0 Å². The molecule has 0 fully saturated rings. The maximum Gasteiger partial charge on any atom is 0.203 e. The molecule has 0 aliphatic heterocycles. The maximum absolute atomic E-state index is 9.44. The molecule has 0 saturated heterocycles. The van der Waals surface area contributed by atoms with Crippen LogP contribution in [0.15, 0.2) is 36.4 Å². The molecule has 8 heteroatoms. The Hall–Kier alpha value is -3.42. The Morgan fingerprint density at radius 3 is 1.00 bits per heavy atom. The number of hydrogen-bond acceptors (Lipinski definition) is 8. The van der Waals surface area contributed by atoms with Crippen molar-refractivity contribution < 1.29 is 20.4 Å². The highest BCUT2D eigenvalue weighted by molar-refractivity contribution is 5.62. The molecule has 0 aliphatic carbocycles. The van der Waals surface area contributed by atoms with Crippen LogP contribution in [0.3, 0.4) is 0 Å². The van der Waals surface area contributed by atoms with Gasteiger partial charge in [-0.3, -0.25) is 0 Å². The van der Waals surface area contributed by atoms with E-state index in [2.05, 4.69) is 20.4 Å². The Morgan fingerprint density at radius 2 is 0.727 bits per heavy atom. The van der Waals surface area contributed by atoms with Crippen LogP contribution >= 0.6 is 0 Å². The van der Waals surface area contributed by atoms with Gasteiger partial charge in [0.25, 0.3) is 0 Å². The fraction of sp³-hybridized carbons (Fsp3) is 0. The summed E-state index contributed by atoms with van der Waals surface area (Å²) < 4.78 is 0. The Labute approximate surface area is 124 Å². The van der Waals surface area contributed by atoms with Gasteiger partial charge in [-0.2, -0.15) is 0 Å². The van der Waals surface area contributed by atoms with Crippen LogP contribution < -0.4 is 0 Å². The number of phenolic OH excluding ortho intramolecular Hbond substituents is 4. The Balaban J connectivity index is 1.98. The van der Waals surface area contributed by atoms with E-state index in [0.29, 0.717) is 11.1 Å². The topological polar surface area (TPSA) is 132 Å². The van der Waals surface area contributed by atoms with Crippen LogP contribution in [0, 0.1) is 0 Å². The summed E-state index contributed by atoms with van der Waals surface area (Å²) in [6.45, 7) is 0. The van der Waals surface area contributed by atoms with E-state index < -0.39 is 0 Å². The molecular weight excluding hydrogens is 288 g/mol. The average molecular weight is 298 g/mol. The number of nitrogens with zero attached hydrogens (tertiary/aromatic N) is 4. The monoisotopic (exact) mass is 298 g/mol. The minimum Gasteiger partial charge on any atom is -0.508 e. The van der Waals surface area contributed by atoms with Crippen molar-refractivity contribution in [1.29, 1.82) is 0 Å². The van der Waals surface area contributed by atoms with Crippen molar-refractivity contribution in [2.24, 2.45) is 0 Å². The van der Waals surface area contributed by atoms with E-state index >= 15 is 0 Å². The van der Waals surface area contributed by atoms with Gasteiger partial charge in [-0.25, -0.2) is 0 Å². The molecule has 0 atom stereocenters. The van der Waals surface area contributed by atoms with Gasteiger partial charge in [-0.05, 0) is 24.3 Å². The van der Waals surface area contributed by atoms with Gasteiger partial charge in [0.15, 0.2) is 0 Å². The van der Waals surface area contributed by atoms with E-state index in [1.54, 1.807) is 0 Å². The molecule has 0 unspecified atom stereocenters. The average Bonchev–Trinajstić information content (AvgIpc) is 2.45. The van der Waals surface area contributed by atoms with Gasteiger partial charge < -0.3 is 20.4 Å². The molecule has 0 radical (unpaired) electrons. The SMILES string of the molecule is Oc1cc(O)cc(-c2nnc(-c3cc(O)cc(O)c3)nn2)c1. The van der Waals surface area contributed by atoms with Crippen LogP contribution in [-0.2, 0) is 0 Å². The number of rotatable bonds is 2. The number of aromatic nitrogens is 4. The van der Waals surface area contributed by atoms with Crippen molar-refractivity contribution in [3.63, 3.8) is 0 Å². The molecule has 0 bridgehead atoms. The summed E-state index contributed by atoms with van der Waals surface area (Å²) in [6.07, 6.45) is 0. The Morgan fingerprint density at radius 1 is 0.455 bits per heavy atom. The normalized spacial score (nSPS) is 10.5. The third-order valence-corrected chi connectivity index (χ3v) is 2.80. The van der Waals surface area contributed by atoms with Crippen molar-refractivity contribution in [1.82, 2.24) is 20.4 Å². The quantitative estimate of drug-likeness (QED) is 0.558. The van der Waals surface area contributed by atoms with Gasteiger partial charge in [0, 0.05) is 23.3 Å². The summed E-state index contributed by atoms with van der Waals surface area (Å²) in [5.41, 5.74) is 0.700. The third-order valence-electron chi connectivity index (χ3n) is 2.80. The van der Waals surface area contributed by atoms with Gasteiger partial charge >= 0.3 is 0 Å². The summed E-state index contributed by atoms with van der Waals surface area (Å²) in [5.74, 6) is -0.332. The largest absolute Gasteiger partial charge is 0.508 e. The first-order valence-electron chi connectivity index (χ1n) is 6.15. The van der Waals surface area contributed by atoms with E-state index in [4.69, 9.17) is 0 Å². The van der Waals surface area contributed by atoms with E-state index in [1.165, 1.54) is 36.4 Å². The highest BCUT2D eigenvalue weighted by atomic mass is 16.3. The molecule has 3 aromatic rings. The van der Waals surface area contributed by atoms with Gasteiger partial charge in [0.05, 0.1) is 0 Å². The van der Waals surface area contributed by atoms with E-state index in [1.807, 2.05) is 0 Å². The van der Waals surface area contributed by atoms with Crippen LogP contribution in [-0.4, -0.2) is 40.8 Å². The predicted octanol–water partition coefficient (Wildman–Crippen LogP) is 1.42.